The van der Waals surface area contributed by atoms with Gasteiger partial charge in [0.2, 0.25) is 5.91 Å². The minimum absolute atomic E-state index is 0.0160. The first-order valence-electron chi connectivity index (χ1n) is 7.75. The Kier molecular flexibility index (Phi) is 5.14. The number of non-ortho nitro benzene ring substituents is 1. The number of aromatic nitrogens is 1. The van der Waals surface area contributed by atoms with Gasteiger partial charge in [-0.2, -0.15) is 0 Å². The van der Waals surface area contributed by atoms with Gasteiger partial charge in [0.15, 0.2) is 5.58 Å². The Hall–Kier alpha value is -3.66. The number of rotatable bonds is 5. The number of methoxy groups -OCH3 is 1. The average Bonchev–Trinajstić information content (AvgIpc) is 2.97. The van der Waals surface area contributed by atoms with Crippen LogP contribution in [0.5, 0.6) is 0 Å². The molecule has 0 fully saturated rings. The number of ether oxygens (including phenoxy) is 1. The van der Waals surface area contributed by atoms with Crippen molar-refractivity contribution < 1.29 is 23.7 Å². The standard InChI is InChI=1S/C17H12ClN3O7/c1-27-16(23)9-2-4-11(18)12(6-9)19-15(22)8-20-13-5-3-10(21(25)26)7-14(13)28-17(20)24/h2-7H,8H2,1H3,(H,19,22). The molecule has 0 bridgehead atoms. The van der Waals surface area contributed by atoms with Crippen molar-refractivity contribution >= 4 is 46.0 Å². The van der Waals surface area contributed by atoms with Crippen LogP contribution in [0.15, 0.2) is 45.6 Å². The van der Waals surface area contributed by atoms with Crippen molar-refractivity contribution in [2.75, 3.05) is 12.4 Å². The van der Waals surface area contributed by atoms with E-state index in [4.69, 9.17) is 16.0 Å². The number of amides is 1. The lowest BCUT2D eigenvalue weighted by Crippen LogP contribution is -2.25. The number of anilines is 1. The van der Waals surface area contributed by atoms with E-state index >= 15 is 0 Å². The van der Waals surface area contributed by atoms with E-state index < -0.39 is 29.1 Å². The average molecular weight is 406 g/mol. The molecule has 0 saturated carbocycles. The first-order valence-corrected chi connectivity index (χ1v) is 8.13. The number of esters is 1. The highest BCUT2D eigenvalue weighted by atomic mass is 35.5. The topological polar surface area (TPSA) is 134 Å². The third-order valence-electron chi connectivity index (χ3n) is 3.83. The third-order valence-corrected chi connectivity index (χ3v) is 4.16. The summed E-state index contributed by atoms with van der Waals surface area (Å²) < 4.78 is 10.6. The minimum Gasteiger partial charge on any atom is -0.465 e. The van der Waals surface area contributed by atoms with E-state index in [1.54, 1.807) is 0 Å². The van der Waals surface area contributed by atoms with Crippen LogP contribution >= 0.6 is 11.6 Å². The van der Waals surface area contributed by atoms with Crippen molar-refractivity contribution in [1.82, 2.24) is 4.57 Å². The van der Waals surface area contributed by atoms with Crippen molar-refractivity contribution in [3.63, 3.8) is 0 Å². The first kappa shape index (κ1) is 19.1. The zero-order chi connectivity index (χ0) is 20.4. The second-order valence-corrected chi connectivity index (χ2v) is 6.00. The SMILES string of the molecule is COC(=O)c1ccc(Cl)c(NC(=O)Cn2c(=O)oc3cc([N+](=O)[O-])ccc32)c1. The van der Waals surface area contributed by atoms with Crippen molar-refractivity contribution in [2.45, 2.75) is 6.54 Å². The molecule has 3 aromatic rings. The molecule has 1 N–H and O–H groups in total. The van der Waals surface area contributed by atoms with Crippen LogP contribution in [0.1, 0.15) is 10.4 Å². The summed E-state index contributed by atoms with van der Waals surface area (Å²) >= 11 is 6.03. The lowest BCUT2D eigenvalue weighted by Gasteiger charge is -2.09. The molecule has 3 rings (SSSR count). The quantitative estimate of drug-likeness (QED) is 0.391. The molecule has 0 aliphatic rings. The number of nitro groups is 1. The van der Waals surface area contributed by atoms with Gasteiger partial charge in [-0.3, -0.25) is 19.5 Å². The van der Waals surface area contributed by atoms with Crippen LogP contribution in [0.25, 0.3) is 11.1 Å². The second-order valence-electron chi connectivity index (χ2n) is 5.60. The van der Waals surface area contributed by atoms with Crippen LogP contribution in [0.2, 0.25) is 5.02 Å². The Balaban J connectivity index is 1.86. The van der Waals surface area contributed by atoms with Gasteiger partial charge in [0.1, 0.15) is 6.54 Å². The maximum absolute atomic E-state index is 12.4. The molecular weight excluding hydrogens is 394 g/mol. The maximum atomic E-state index is 12.4. The summed E-state index contributed by atoms with van der Waals surface area (Å²) in [5.74, 6) is -2.07. The lowest BCUT2D eigenvalue weighted by molar-refractivity contribution is -0.384. The number of carbonyl (C=O) groups is 2. The number of benzene rings is 2. The predicted octanol–water partition coefficient (Wildman–Crippen LogP) is 2.58. The number of nitrogens with one attached hydrogen (secondary N) is 1. The number of hydrogen-bond acceptors (Lipinski definition) is 7. The van der Waals surface area contributed by atoms with E-state index in [1.165, 1.54) is 37.4 Å². The number of nitrogens with zero attached hydrogens (tertiary/aromatic N) is 2. The molecular formula is C17H12ClN3O7. The first-order chi connectivity index (χ1) is 13.3. The van der Waals surface area contributed by atoms with Crippen LogP contribution in [0, 0.1) is 10.1 Å². The number of halogens is 1. The number of nitro benzene ring substituents is 1. The Morgan fingerprint density at radius 3 is 2.71 bits per heavy atom. The van der Waals surface area contributed by atoms with Crippen molar-refractivity contribution in [3.05, 3.63) is 67.6 Å². The maximum Gasteiger partial charge on any atom is 0.420 e. The van der Waals surface area contributed by atoms with Crippen LogP contribution in [-0.2, 0) is 16.1 Å². The fraction of sp³-hybridized carbons (Fsp3) is 0.118. The van der Waals surface area contributed by atoms with E-state index in [2.05, 4.69) is 10.1 Å². The molecule has 11 heteroatoms. The predicted molar refractivity (Wildman–Crippen MR) is 98.5 cm³/mol. The molecule has 144 valence electrons. The van der Waals surface area contributed by atoms with Crippen molar-refractivity contribution in [3.8, 4) is 0 Å². The lowest BCUT2D eigenvalue weighted by atomic mass is 10.2. The molecule has 2 aromatic carbocycles. The van der Waals surface area contributed by atoms with Gasteiger partial charge in [-0.05, 0) is 24.3 Å². The molecule has 0 aliphatic carbocycles. The zero-order valence-corrected chi connectivity index (χ0v) is 15.1. The van der Waals surface area contributed by atoms with Crippen LogP contribution < -0.4 is 11.1 Å². The van der Waals surface area contributed by atoms with E-state index in [0.717, 1.165) is 10.6 Å². The van der Waals surface area contributed by atoms with Crippen LogP contribution in [0.4, 0.5) is 11.4 Å². The summed E-state index contributed by atoms with van der Waals surface area (Å²) in [7, 11) is 1.22. The van der Waals surface area contributed by atoms with Gasteiger partial charge < -0.3 is 14.5 Å². The molecule has 0 aliphatic heterocycles. The van der Waals surface area contributed by atoms with E-state index in [0.29, 0.717) is 0 Å². The molecule has 28 heavy (non-hydrogen) atoms. The summed E-state index contributed by atoms with van der Waals surface area (Å²) in [4.78, 5) is 46.2. The number of carbonyl (C=O) groups excluding carboxylic acids is 2. The summed E-state index contributed by atoms with van der Waals surface area (Å²) in [5.41, 5.74) is 0.300. The van der Waals surface area contributed by atoms with E-state index in [9.17, 15) is 24.5 Å². The third kappa shape index (κ3) is 3.71. The number of oxazole rings is 1. The fourth-order valence-electron chi connectivity index (χ4n) is 2.52. The molecule has 1 heterocycles. The van der Waals surface area contributed by atoms with Gasteiger partial charge >= 0.3 is 11.7 Å². The van der Waals surface area contributed by atoms with Crippen molar-refractivity contribution in [1.29, 1.82) is 0 Å². The molecule has 0 atom stereocenters. The van der Waals surface area contributed by atoms with Crippen LogP contribution in [0.3, 0.4) is 0 Å². The molecule has 0 saturated heterocycles. The van der Waals surface area contributed by atoms with Gasteiger partial charge in [0.05, 0.1) is 39.9 Å². The van der Waals surface area contributed by atoms with Gasteiger partial charge in [0, 0.05) is 6.07 Å². The molecule has 1 aromatic heterocycles. The summed E-state index contributed by atoms with van der Waals surface area (Å²) in [5, 5.41) is 13.5. The highest BCUT2D eigenvalue weighted by Gasteiger charge is 2.17. The smallest absolute Gasteiger partial charge is 0.420 e. The number of hydrogen-bond donors (Lipinski definition) is 1. The Morgan fingerprint density at radius 2 is 2.04 bits per heavy atom. The fourth-order valence-corrected chi connectivity index (χ4v) is 2.68. The summed E-state index contributed by atoms with van der Waals surface area (Å²) in [6.45, 7) is -0.428. The monoisotopic (exact) mass is 405 g/mol. The zero-order valence-electron chi connectivity index (χ0n) is 14.3. The molecule has 0 unspecified atom stereocenters. The van der Waals surface area contributed by atoms with Crippen LogP contribution in [-0.4, -0.2) is 28.5 Å². The highest BCUT2D eigenvalue weighted by molar-refractivity contribution is 6.33. The van der Waals surface area contributed by atoms with Gasteiger partial charge in [-0.25, -0.2) is 9.59 Å². The normalized spacial score (nSPS) is 10.6. The number of fused-ring (bicyclic) bond motifs is 1. The highest BCUT2D eigenvalue weighted by Crippen LogP contribution is 2.24. The van der Waals surface area contributed by atoms with Gasteiger partial charge in [-0.15, -0.1) is 0 Å². The molecule has 0 radical (unpaired) electrons. The molecule has 1 amide bonds. The van der Waals surface area contributed by atoms with E-state index in [1.807, 2.05) is 0 Å². The largest absolute Gasteiger partial charge is 0.465 e. The minimum atomic E-state index is -0.847. The summed E-state index contributed by atoms with van der Waals surface area (Å²) in [6, 6.07) is 7.80. The second kappa shape index (κ2) is 7.53. The van der Waals surface area contributed by atoms with Crippen molar-refractivity contribution in [2.24, 2.45) is 0 Å². The van der Waals surface area contributed by atoms with E-state index in [-0.39, 0.29) is 33.1 Å². The Labute approximate surface area is 161 Å². The molecule has 0 spiro atoms. The Bertz CT molecular complexity index is 1170. The molecule has 10 nitrogen and oxygen atoms in total. The Morgan fingerprint density at radius 1 is 1.29 bits per heavy atom. The summed E-state index contributed by atoms with van der Waals surface area (Å²) in [6.07, 6.45) is 0. The van der Waals surface area contributed by atoms with Gasteiger partial charge in [0.25, 0.3) is 5.69 Å². The van der Waals surface area contributed by atoms with Gasteiger partial charge in [-0.1, -0.05) is 11.6 Å².